The van der Waals surface area contributed by atoms with E-state index in [2.05, 4.69) is 48.5 Å². The number of rotatable bonds is 9. The van der Waals surface area contributed by atoms with E-state index in [1.54, 1.807) is 0 Å². The van der Waals surface area contributed by atoms with Gasteiger partial charge in [-0.3, -0.25) is 0 Å². The maximum Gasteiger partial charge on any atom is 0.0733 e. The normalized spacial score (nSPS) is 11.2. The highest BCUT2D eigenvalue weighted by Gasteiger charge is 1.99. The van der Waals surface area contributed by atoms with Crippen LogP contribution < -0.4 is 0 Å². The number of oxime groups is 1. The molecule has 0 saturated carbocycles. The molecule has 2 aromatic rings. The second-order valence-corrected chi connectivity index (χ2v) is 6.08. The Morgan fingerprint density at radius 2 is 1.35 bits per heavy atom. The number of aryl methyl sites for hydroxylation is 1. The SMILES string of the molecule is CCCCCCCCc1ccc(-c2ccc(/C=N/O)cc2)cc1. The summed E-state index contributed by atoms with van der Waals surface area (Å²) in [6, 6.07) is 16.9. The Kier molecular flexibility index (Phi) is 7.38. The topological polar surface area (TPSA) is 32.6 Å². The molecule has 2 aromatic carbocycles. The molecule has 2 nitrogen and oxygen atoms in total. The van der Waals surface area contributed by atoms with Crippen LogP contribution in [0.4, 0.5) is 0 Å². The van der Waals surface area contributed by atoms with Gasteiger partial charge in [0.1, 0.15) is 0 Å². The third-order valence-corrected chi connectivity index (χ3v) is 4.22. The Morgan fingerprint density at radius 1 is 0.783 bits per heavy atom. The van der Waals surface area contributed by atoms with E-state index < -0.39 is 0 Å². The van der Waals surface area contributed by atoms with Gasteiger partial charge in [0.2, 0.25) is 0 Å². The largest absolute Gasteiger partial charge is 0.411 e. The summed E-state index contributed by atoms with van der Waals surface area (Å²) < 4.78 is 0. The molecule has 2 heteroatoms. The van der Waals surface area contributed by atoms with E-state index >= 15 is 0 Å². The van der Waals surface area contributed by atoms with Crippen molar-refractivity contribution >= 4 is 6.21 Å². The molecule has 0 bridgehead atoms. The first-order chi connectivity index (χ1) is 11.3. The van der Waals surface area contributed by atoms with Gasteiger partial charge in [0.25, 0.3) is 0 Å². The van der Waals surface area contributed by atoms with Crippen LogP contribution in [0.1, 0.15) is 56.6 Å². The highest BCUT2D eigenvalue weighted by Crippen LogP contribution is 2.21. The Balaban J connectivity index is 1.84. The van der Waals surface area contributed by atoms with Crippen LogP contribution in [0.3, 0.4) is 0 Å². The summed E-state index contributed by atoms with van der Waals surface area (Å²) >= 11 is 0. The average molecular weight is 309 g/mol. The van der Waals surface area contributed by atoms with Gasteiger partial charge in [-0.2, -0.15) is 0 Å². The number of unbranched alkanes of at least 4 members (excludes halogenated alkanes) is 5. The van der Waals surface area contributed by atoms with Crippen LogP contribution in [0, 0.1) is 0 Å². The smallest absolute Gasteiger partial charge is 0.0733 e. The summed E-state index contributed by atoms with van der Waals surface area (Å²) in [5, 5.41) is 11.6. The van der Waals surface area contributed by atoms with Crippen LogP contribution >= 0.6 is 0 Å². The molecule has 0 aromatic heterocycles. The van der Waals surface area contributed by atoms with Crippen LogP contribution in [0.25, 0.3) is 11.1 Å². The van der Waals surface area contributed by atoms with Gasteiger partial charge in [0.15, 0.2) is 0 Å². The minimum atomic E-state index is 0.899. The Labute approximate surface area is 139 Å². The summed E-state index contributed by atoms with van der Waals surface area (Å²) in [7, 11) is 0. The summed E-state index contributed by atoms with van der Waals surface area (Å²) in [5.41, 5.74) is 4.74. The van der Waals surface area contributed by atoms with Gasteiger partial charge in [-0.05, 0) is 35.1 Å². The molecule has 122 valence electrons. The highest BCUT2D eigenvalue weighted by atomic mass is 16.4. The lowest BCUT2D eigenvalue weighted by Crippen LogP contribution is -1.87. The predicted octanol–water partition coefficient (Wildman–Crippen LogP) is 6.06. The molecule has 0 radical (unpaired) electrons. The van der Waals surface area contributed by atoms with E-state index in [4.69, 9.17) is 5.21 Å². The molecule has 0 amide bonds. The summed E-state index contributed by atoms with van der Waals surface area (Å²) in [4.78, 5) is 0. The molecule has 0 atom stereocenters. The Hall–Kier alpha value is -2.09. The number of hydrogen-bond acceptors (Lipinski definition) is 2. The van der Waals surface area contributed by atoms with Gasteiger partial charge < -0.3 is 5.21 Å². The van der Waals surface area contributed by atoms with Gasteiger partial charge >= 0.3 is 0 Å². The number of benzene rings is 2. The van der Waals surface area contributed by atoms with Crippen molar-refractivity contribution in [3.63, 3.8) is 0 Å². The monoisotopic (exact) mass is 309 g/mol. The zero-order chi connectivity index (χ0) is 16.3. The predicted molar refractivity (Wildman–Crippen MR) is 98.3 cm³/mol. The fourth-order valence-corrected chi connectivity index (χ4v) is 2.80. The van der Waals surface area contributed by atoms with Crippen molar-refractivity contribution in [2.75, 3.05) is 0 Å². The van der Waals surface area contributed by atoms with Crippen molar-refractivity contribution in [2.45, 2.75) is 51.9 Å². The van der Waals surface area contributed by atoms with E-state index in [1.165, 1.54) is 67.9 Å². The van der Waals surface area contributed by atoms with E-state index in [0.717, 1.165) is 5.56 Å². The maximum absolute atomic E-state index is 8.54. The van der Waals surface area contributed by atoms with Crippen molar-refractivity contribution in [2.24, 2.45) is 5.16 Å². The van der Waals surface area contributed by atoms with Crippen molar-refractivity contribution < 1.29 is 5.21 Å². The standard InChI is InChI=1S/C21H27NO/c1-2-3-4-5-6-7-8-18-9-13-20(14-10-18)21-15-11-19(12-16-21)17-22-23/h9-17,23H,2-8H2,1H3/b22-17+. The minimum Gasteiger partial charge on any atom is -0.411 e. The molecule has 0 aliphatic carbocycles. The lowest BCUT2D eigenvalue weighted by Gasteiger charge is -2.05. The summed E-state index contributed by atoms with van der Waals surface area (Å²) in [6.07, 6.45) is 10.7. The van der Waals surface area contributed by atoms with E-state index in [0.29, 0.717) is 0 Å². The van der Waals surface area contributed by atoms with E-state index in [-0.39, 0.29) is 0 Å². The van der Waals surface area contributed by atoms with Gasteiger partial charge in [-0.25, -0.2) is 0 Å². The Morgan fingerprint density at radius 3 is 1.96 bits per heavy atom. The van der Waals surface area contributed by atoms with Crippen LogP contribution in [-0.2, 0) is 6.42 Å². The Bertz CT molecular complexity index is 584. The first-order valence-electron chi connectivity index (χ1n) is 8.70. The van der Waals surface area contributed by atoms with Crippen molar-refractivity contribution in [3.8, 4) is 11.1 Å². The fourth-order valence-electron chi connectivity index (χ4n) is 2.80. The quantitative estimate of drug-likeness (QED) is 0.259. The molecular formula is C21H27NO. The number of nitrogens with zero attached hydrogens (tertiary/aromatic N) is 1. The molecule has 0 fully saturated rings. The fraction of sp³-hybridized carbons (Fsp3) is 0.381. The van der Waals surface area contributed by atoms with Crippen molar-refractivity contribution in [1.82, 2.24) is 0 Å². The van der Waals surface area contributed by atoms with Crippen molar-refractivity contribution in [3.05, 3.63) is 59.7 Å². The number of hydrogen-bond donors (Lipinski definition) is 1. The highest BCUT2D eigenvalue weighted by molar-refractivity contribution is 5.80. The van der Waals surface area contributed by atoms with Crippen molar-refractivity contribution in [1.29, 1.82) is 0 Å². The van der Waals surface area contributed by atoms with E-state index in [1.807, 2.05) is 12.1 Å². The summed E-state index contributed by atoms with van der Waals surface area (Å²) in [5.74, 6) is 0. The average Bonchev–Trinajstić information content (AvgIpc) is 2.60. The van der Waals surface area contributed by atoms with Crippen LogP contribution in [-0.4, -0.2) is 11.4 Å². The molecule has 0 unspecified atom stereocenters. The molecule has 0 aliphatic heterocycles. The lowest BCUT2D eigenvalue weighted by molar-refractivity contribution is 0.322. The maximum atomic E-state index is 8.54. The van der Waals surface area contributed by atoms with Gasteiger partial charge in [0.05, 0.1) is 6.21 Å². The molecule has 1 N–H and O–H groups in total. The second-order valence-electron chi connectivity index (χ2n) is 6.08. The van der Waals surface area contributed by atoms with Crippen LogP contribution in [0.2, 0.25) is 0 Å². The van der Waals surface area contributed by atoms with Gasteiger partial charge in [-0.15, -0.1) is 0 Å². The third-order valence-electron chi connectivity index (χ3n) is 4.22. The van der Waals surface area contributed by atoms with Gasteiger partial charge in [-0.1, -0.05) is 92.7 Å². The van der Waals surface area contributed by atoms with Gasteiger partial charge in [0, 0.05) is 0 Å². The molecule has 23 heavy (non-hydrogen) atoms. The molecule has 0 aliphatic rings. The van der Waals surface area contributed by atoms with Crippen LogP contribution in [0.15, 0.2) is 53.7 Å². The molecule has 2 rings (SSSR count). The zero-order valence-electron chi connectivity index (χ0n) is 14.0. The lowest BCUT2D eigenvalue weighted by atomic mass is 10.00. The van der Waals surface area contributed by atoms with Crippen LogP contribution in [0.5, 0.6) is 0 Å². The third kappa shape index (κ3) is 5.90. The second kappa shape index (κ2) is 9.83. The minimum absolute atomic E-state index is 0.899. The molecule has 0 heterocycles. The molecular weight excluding hydrogens is 282 g/mol. The zero-order valence-corrected chi connectivity index (χ0v) is 14.0. The summed E-state index contributed by atoms with van der Waals surface area (Å²) in [6.45, 7) is 2.26. The van der Waals surface area contributed by atoms with E-state index in [9.17, 15) is 0 Å². The molecule has 0 saturated heterocycles. The molecule has 0 spiro atoms. The first-order valence-corrected chi connectivity index (χ1v) is 8.70. The first kappa shape index (κ1) is 17.3.